The van der Waals surface area contributed by atoms with Gasteiger partial charge in [-0.3, -0.25) is 0 Å². The molecule has 8 aromatic rings. The molecule has 0 amide bonds. The van der Waals surface area contributed by atoms with Gasteiger partial charge in [-0.25, -0.2) is 9.98 Å². The number of amidine groups is 2. The lowest BCUT2D eigenvalue weighted by Gasteiger charge is -2.23. The summed E-state index contributed by atoms with van der Waals surface area (Å²) in [4.78, 5) is 10.2. The molecule has 0 spiro atoms. The first kappa shape index (κ1) is 24.6. The second kappa shape index (κ2) is 9.82. The zero-order valence-corrected chi connectivity index (χ0v) is 23.6. The number of rotatable bonds is 4. The maximum absolute atomic E-state index is 6.51. The maximum atomic E-state index is 6.51. The van der Waals surface area contributed by atoms with E-state index in [1.807, 2.05) is 72.8 Å². The first-order valence-electron chi connectivity index (χ1n) is 14.7. The number of nitrogens with zero attached hydrogens (tertiary/aromatic N) is 2. The van der Waals surface area contributed by atoms with Crippen molar-refractivity contribution in [3.63, 3.8) is 0 Å². The molecule has 0 bridgehead atoms. The zero-order chi connectivity index (χ0) is 29.0. The highest BCUT2D eigenvalue weighted by Crippen LogP contribution is 2.40. The van der Waals surface area contributed by atoms with E-state index < -0.39 is 0 Å². The Hall–Kier alpha value is -5.94. The number of para-hydroxylation sites is 1. The van der Waals surface area contributed by atoms with Crippen molar-refractivity contribution >= 4 is 55.5 Å². The van der Waals surface area contributed by atoms with E-state index in [0.29, 0.717) is 5.84 Å². The van der Waals surface area contributed by atoms with Crippen molar-refractivity contribution in [3.05, 3.63) is 156 Å². The van der Waals surface area contributed by atoms with Crippen molar-refractivity contribution in [2.45, 2.75) is 6.17 Å². The smallest absolute Gasteiger partial charge is 0.160 e. The summed E-state index contributed by atoms with van der Waals surface area (Å²) in [5.41, 5.74) is 8.58. The van der Waals surface area contributed by atoms with Crippen molar-refractivity contribution in [2.75, 3.05) is 0 Å². The first-order chi connectivity index (χ1) is 21.8. The van der Waals surface area contributed by atoms with E-state index in [1.54, 1.807) is 0 Å². The highest BCUT2D eigenvalue weighted by atomic mass is 16.3. The predicted molar refractivity (Wildman–Crippen MR) is 178 cm³/mol. The second-order valence-corrected chi connectivity index (χ2v) is 11.0. The van der Waals surface area contributed by atoms with Crippen LogP contribution < -0.4 is 5.32 Å². The molecule has 5 heteroatoms. The molecule has 1 atom stereocenters. The standard InChI is InChI=1S/C39H25N3O2/c1-3-11-24(12-4-1)37-40-38(25-13-5-2-6-14-25)42-39(41-37)30-17-10-20-33-36(30)29-22-21-26(23-34(29)44-33)27-16-9-19-32-35(27)28-15-7-8-18-31(28)43-32/h1-23,37H,(H,40,41,42). The number of aliphatic imine (C=N–C) groups is 2. The van der Waals surface area contributed by atoms with Crippen molar-refractivity contribution < 1.29 is 8.83 Å². The average Bonchev–Trinajstić information content (AvgIpc) is 3.67. The lowest BCUT2D eigenvalue weighted by atomic mass is 9.97. The number of furan rings is 2. The molecule has 0 saturated carbocycles. The van der Waals surface area contributed by atoms with Gasteiger partial charge in [-0.2, -0.15) is 0 Å². The molecule has 1 N–H and O–H groups in total. The Kier molecular flexibility index (Phi) is 5.50. The quantitative estimate of drug-likeness (QED) is 0.230. The van der Waals surface area contributed by atoms with Crippen LogP contribution in [0.4, 0.5) is 0 Å². The van der Waals surface area contributed by atoms with Gasteiger partial charge in [0.1, 0.15) is 34.3 Å². The van der Waals surface area contributed by atoms with E-state index in [-0.39, 0.29) is 6.17 Å². The van der Waals surface area contributed by atoms with Gasteiger partial charge in [0.25, 0.3) is 0 Å². The van der Waals surface area contributed by atoms with Crippen LogP contribution in [0.15, 0.2) is 158 Å². The number of benzene rings is 6. The summed E-state index contributed by atoms with van der Waals surface area (Å²) >= 11 is 0. The van der Waals surface area contributed by atoms with Crippen molar-refractivity contribution in [2.24, 2.45) is 9.98 Å². The molecule has 1 unspecified atom stereocenters. The summed E-state index contributed by atoms with van der Waals surface area (Å²) in [6, 6.07) is 47.4. The Balaban J connectivity index is 1.22. The van der Waals surface area contributed by atoms with Crippen LogP contribution >= 0.6 is 0 Å². The lowest BCUT2D eigenvalue weighted by Crippen LogP contribution is -2.33. The Morgan fingerprint density at radius 1 is 0.500 bits per heavy atom. The molecule has 0 saturated heterocycles. The molecular weight excluding hydrogens is 542 g/mol. The van der Waals surface area contributed by atoms with Crippen LogP contribution in [0.1, 0.15) is 22.9 Å². The van der Waals surface area contributed by atoms with Gasteiger partial charge >= 0.3 is 0 Å². The topological polar surface area (TPSA) is 63.0 Å². The van der Waals surface area contributed by atoms with E-state index >= 15 is 0 Å². The van der Waals surface area contributed by atoms with Gasteiger partial charge in [-0.15, -0.1) is 0 Å². The van der Waals surface area contributed by atoms with Gasteiger partial charge in [0, 0.05) is 32.7 Å². The Bertz CT molecular complexity index is 2420. The monoisotopic (exact) mass is 567 g/mol. The van der Waals surface area contributed by atoms with Gasteiger partial charge in [0.05, 0.1) is 0 Å². The summed E-state index contributed by atoms with van der Waals surface area (Å²) < 4.78 is 12.7. The number of fused-ring (bicyclic) bond motifs is 6. The number of nitrogens with one attached hydrogen (secondary N) is 1. The summed E-state index contributed by atoms with van der Waals surface area (Å²) in [6.45, 7) is 0. The van der Waals surface area contributed by atoms with Crippen LogP contribution in [0.25, 0.3) is 55.0 Å². The molecule has 208 valence electrons. The van der Waals surface area contributed by atoms with Crippen LogP contribution in [0.2, 0.25) is 0 Å². The maximum Gasteiger partial charge on any atom is 0.160 e. The minimum absolute atomic E-state index is 0.274. The molecule has 9 rings (SSSR count). The molecule has 5 nitrogen and oxygen atoms in total. The van der Waals surface area contributed by atoms with Gasteiger partial charge in [0.2, 0.25) is 0 Å². The summed E-state index contributed by atoms with van der Waals surface area (Å²) in [5, 5.41) is 7.79. The molecular formula is C39H25N3O2. The minimum Gasteiger partial charge on any atom is -0.456 e. The van der Waals surface area contributed by atoms with Crippen molar-refractivity contribution in [1.82, 2.24) is 5.32 Å². The zero-order valence-electron chi connectivity index (χ0n) is 23.6. The third-order valence-electron chi connectivity index (χ3n) is 8.36. The van der Waals surface area contributed by atoms with E-state index in [4.69, 9.17) is 18.8 Å². The van der Waals surface area contributed by atoms with Crippen LogP contribution in [0.3, 0.4) is 0 Å². The predicted octanol–water partition coefficient (Wildman–Crippen LogP) is 9.65. The molecule has 0 fully saturated rings. The van der Waals surface area contributed by atoms with Gasteiger partial charge in [0.15, 0.2) is 5.84 Å². The van der Waals surface area contributed by atoms with E-state index in [0.717, 1.165) is 77.5 Å². The first-order valence-corrected chi connectivity index (χ1v) is 14.7. The third kappa shape index (κ3) is 3.94. The van der Waals surface area contributed by atoms with E-state index in [1.165, 1.54) is 0 Å². The lowest BCUT2D eigenvalue weighted by molar-refractivity contribution is 0.668. The summed E-state index contributed by atoms with van der Waals surface area (Å²) in [5.74, 6) is 1.46. The Labute approximate surface area is 252 Å². The number of hydrogen-bond donors (Lipinski definition) is 1. The molecule has 2 aromatic heterocycles. The fourth-order valence-corrected chi connectivity index (χ4v) is 6.31. The Morgan fingerprint density at radius 2 is 1.14 bits per heavy atom. The largest absolute Gasteiger partial charge is 0.456 e. The number of hydrogen-bond acceptors (Lipinski definition) is 5. The highest BCUT2D eigenvalue weighted by Gasteiger charge is 2.23. The van der Waals surface area contributed by atoms with Crippen LogP contribution in [-0.2, 0) is 0 Å². The highest BCUT2D eigenvalue weighted by molar-refractivity contribution is 6.22. The fourth-order valence-electron chi connectivity index (χ4n) is 6.31. The van der Waals surface area contributed by atoms with Crippen LogP contribution in [-0.4, -0.2) is 11.7 Å². The molecule has 1 aliphatic heterocycles. The SMILES string of the molecule is c1ccc(C2=NC(c3cccc4oc5cc(-c6cccc7oc8ccccc8c67)ccc5c34)=NC(c3ccccc3)N2)cc1. The van der Waals surface area contributed by atoms with Gasteiger partial charge in [-0.1, -0.05) is 109 Å². The molecule has 44 heavy (non-hydrogen) atoms. The van der Waals surface area contributed by atoms with Gasteiger partial charge < -0.3 is 14.2 Å². The second-order valence-electron chi connectivity index (χ2n) is 11.0. The summed E-state index contributed by atoms with van der Waals surface area (Å²) in [7, 11) is 0. The van der Waals surface area contributed by atoms with Crippen molar-refractivity contribution in [1.29, 1.82) is 0 Å². The fraction of sp³-hybridized carbons (Fsp3) is 0.0256. The molecule has 6 aromatic carbocycles. The van der Waals surface area contributed by atoms with E-state index in [9.17, 15) is 0 Å². The average molecular weight is 568 g/mol. The molecule has 0 aliphatic carbocycles. The normalized spacial score (nSPS) is 15.0. The minimum atomic E-state index is -0.274. The third-order valence-corrected chi connectivity index (χ3v) is 8.36. The Morgan fingerprint density at radius 3 is 1.95 bits per heavy atom. The molecule has 3 heterocycles. The van der Waals surface area contributed by atoms with Crippen molar-refractivity contribution in [3.8, 4) is 11.1 Å². The van der Waals surface area contributed by atoms with Crippen LogP contribution in [0, 0.1) is 0 Å². The summed E-state index contributed by atoms with van der Waals surface area (Å²) in [6.07, 6.45) is -0.274. The van der Waals surface area contributed by atoms with Crippen LogP contribution in [0.5, 0.6) is 0 Å². The molecule has 1 aliphatic rings. The van der Waals surface area contributed by atoms with E-state index in [2.05, 4.69) is 72.0 Å². The van der Waals surface area contributed by atoms with Gasteiger partial charge in [-0.05, 0) is 47.0 Å². The molecule has 0 radical (unpaired) electrons.